The molecule has 0 N–H and O–H groups in total. The van der Waals surface area contributed by atoms with E-state index in [9.17, 15) is 13.2 Å². The van der Waals surface area contributed by atoms with Gasteiger partial charge in [0.1, 0.15) is 6.29 Å². The van der Waals surface area contributed by atoms with Gasteiger partial charge in [0, 0.05) is 31.2 Å². The van der Waals surface area contributed by atoms with E-state index in [-0.39, 0.29) is 23.0 Å². The third-order valence-electron chi connectivity index (χ3n) is 4.13. The Bertz CT molecular complexity index is 400. The van der Waals surface area contributed by atoms with Crippen molar-refractivity contribution >= 4 is 16.1 Å². The van der Waals surface area contributed by atoms with Crippen LogP contribution in [0.4, 0.5) is 0 Å². The fourth-order valence-electron chi connectivity index (χ4n) is 2.84. The van der Waals surface area contributed by atoms with Crippen LogP contribution in [-0.4, -0.2) is 64.0 Å². The molecule has 0 aromatic rings. The maximum absolute atomic E-state index is 11.5. The second-order valence-electron chi connectivity index (χ2n) is 5.56. The van der Waals surface area contributed by atoms with Crippen molar-refractivity contribution in [3.63, 3.8) is 0 Å². The Morgan fingerprint density at radius 3 is 2.56 bits per heavy atom. The van der Waals surface area contributed by atoms with Crippen LogP contribution in [-0.2, 0) is 19.4 Å². The average molecular weight is 275 g/mol. The minimum Gasteiger partial charge on any atom is -0.381 e. The predicted molar refractivity (Wildman–Crippen MR) is 68.2 cm³/mol. The van der Waals surface area contributed by atoms with Gasteiger partial charge in [0.05, 0.1) is 11.5 Å². The lowest BCUT2D eigenvalue weighted by molar-refractivity contribution is -0.123. The molecule has 1 atom stereocenters. The van der Waals surface area contributed by atoms with Crippen LogP contribution in [0.3, 0.4) is 0 Å². The van der Waals surface area contributed by atoms with Crippen LogP contribution in [0.15, 0.2) is 0 Å². The molecule has 1 unspecified atom stereocenters. The molecule has 0 amide bonds. The van der Waals surface area contributed by atoms with Crippen molar-refractivity contribution in [3.05, 3.63) is 0 Å². The van der Waals surface area contributed by atoms with Crippen LogP contribution < -0.4 is 0 Å². The highest BCUT2D eigenvalue weighted by molar-refractivity contribution is 7.91. The topological polar surface area (TPSA) is 63.7 Å². The van der Waals surface area contributed by atoms with E-state index in [0.717, 1.165) is 19.1 Å². The zero-order valence-electron chi connectivity index (χ0n) is 10.8. The van der Waals surface area contributed by atoms with Crippen molar-refractivity contribution in [1.29, 1.82) is 0 Å². The van der Waals surface area contributed by atoms with Gasteiger partial charge in [-0.25, -0.2) is 8.42 Å². The number of carbonyl (C=O) groups is 1. The van der Waals surface area contributed by atoms with Gasteiger partial charge in [-0.1, -0.05) is 0 Å². The number of hydrogen-bond acceptors (Lipinski definition) is 5. The summed E-state index contributed by atoms with van der Waals surface area (Å²) in [5.74, 6) is 0.508. The summed E-state index contributed by atoms with van der Waals surface area (Å²) < 4.78 is 28.2. The van der Waals surface area contributed by atoms with Gasteiger partial charge in [-0.05, 0) is 26.3 Å². The van der Waals surface area contributed by atoms with Crippen molar-refractivity contribution in [2.24, 2.45) is 5.41 Å². The van der Waals surface area contributed by atoms with E-state index in [1.165, 1.54) is 0 Å². The van der Waals surface area contributed by atoms with Crippen molar-refractivity contribution in [3.8, 4) is 0 Å². The number of nitrogens with zero attached hydrogens (tertiary/aromatic N) is 1. The molecule has 0 spiro atoms. The fraction of sp³-hybridized carbons (Fsp3) is 0.917. The Hall–Kier alpha value is -0.460. The average Bonchev–Trinajstić information content (AvgIpc) is 2.71. The Morgan fingerprint density at radius 2 is 2.06 bits per heavy atom. The smallest absolute Gasteiger partial charge is 0.151 e. The highest BCUT2D eigenvalue weighted by Crippen LogP contribution is 2.30. The summed E-state index contributed by atoms with van der Waals surface area (Å²) in [6.07, 6.45) is 3.19. The van der Waals surface area contributed by atoms with Crippen LogP contribution >= 0.6 is 0 Å². The van der Waals surface area contributed by atoms with Gasteiger partial charge in [0.15, 0.2) is 9.84 Å². The van der Waals surface area contributed by atoms with Gasteiger partial charge in [0.2, 0.25) is 0 Å². The second kappa shape index (κ2) is 5.27. The number of sulfone groups is 1. The lowest BCUT2D eigenvalue weighted by Crippen LogP contribution is -2.45. The third-order valence-corrected chi connectivity index (χ3v) is 5.88. The summed E-state index contributed by atoms with van der Waals surface area (Å²) in [6.45, 7) is 1.88. The fourth-order valence-corrected chi connectivity index (χ4v) is 4.65. The van der Waals surface area contributed by atoms with Gasteiger partial charge in [-0.3, -0.25) is 0 Å². The molecule has 0 aromatic heterocycles. The van der Waals surface area contributed by atoms with Crippen LogP contribution in [0, 0.1) is 5.41 Å². The minimum absolute atomic E-state index is 0.0645. The summed E-state index contributed by atoms with van der Waals surface area (Å²) >= 11 is 0. The Morgan fingerprint density at radius 1 is 1.39 bits per heavy atom. The van der Waals surface area contributed by atoms with Crippen LogP contribution in [0.2, 0.25) is 0 Å². The Kier molecular flexibility index (Phi) is 4.08. The van der Waals surface area contributed by atoms with Gasteiger partial charge in [-0.2, -0.15) is 0 Å². The first-order valence-electron chi connectivity index (χ1n) is 6.41. The van der Waals surface area contributed by atoms with E-state index in [1.54, 1.807) is 0 Å². The highest BCUT2D eigenvalue weighted by Gasteiger charge is 2.37. The molecular formula is C12H21NO4S. The largest absolute Gasteiger partial charge is 0.381 e. The number of carbonyl (C=O) groups excluding carboxylic acids is 1. The highest BCUT2D eigenvalue weighted by atomic mass is 32.2. The van der Waals surface area contributed by atoms with Crippen LogP contribution in [0.5, 0.6) is 0 Å². The molecule has 2 heterocycles. The molecule has 104 valence electrons. The Labute approximate surface area is 108 Å². The molecule has 2 aliphatic heterocycles. The molecule has 6 heteroatoms. The molecule has 2 aliphatic rings. The molecule has 0 aromatic carbocycles. The van der Waals surface area contributed by atoms with Crippen molar-refractivity contribution in [2.45, 2.75) is 25.3 Å². The first-order chi connectivity index (χ1) is 8.46. The van der Waals surface area contributed by atoms with Crippen LogP contribution in [0.25, 0.3) is 0 Å². The predicted octanol–water partition coefficient (Wildman–Crippen LogP) is 0.101. The third kappa shape index (κ3) is 3.10. The molecule has 2 fully saturated rings. The lowest BCUT2D eigenvalue weighted by atomic mass is 9.81. The molecule has 0 bridgehead atoms. The molecule has 5 nitrogen and oxygen atoms in total. The van der Waals surface area contributed by atoms with Gasteiger partial charge in [-0.15, -0.1) is 0 Å². The van der Waals surface area contributed by atoms with Crippen molar-refractivity contribution in [1.82, 2.24) is 4.90 Å². The first kappa shape index (κ1) is 14.0. The van der Waals surface area contributed by atoms with Crippen molar-refractivity contribution < 1.29 is 17.9 Å². The second-order valence-corrected chi connectivity index (χ2v) is 7.79. The van der Waals surface area contributed by atoms with E-state index < -0.39 is 9.84 Å². The number of rotatable bonds is 4. The minimum atomic E-state index is -2.86. The number of ether oxygens (including phenoxy) is 1. The molecule has 0 aliphatic carbocycles. The molecule has 2 rings (SSSR count). The van der Waals surface area contributed by atoms with E-state index in [4.69, 9.17) is 4.74 Å². The van der Waals surface area contributed by atoms with Gasteiger partial charge < -0.3 is 14.4 Å². The normalized spacial score (nSPS) is 30.4. The lowest BCUT2D eigenvalue weighted by Gasteiger charge is -2.37. The number of aldehydes is 1. The monoisotopic (exact) mass is 275 g/mol. The van der Waals surface area contributed by atoms with Gasteiger partial charge >= 0.3 is 0 Å². The van der Waals surface area contributed by atoms with Crippen LogP contribution in [0.1, 0.15) is 19.3 Å². The molecule has 0 radical (unpaired) electrons. The van der Waals surface area contributed by atoms with Gasteiger partial charge in [0.25, 0.3) is 0 Å². The summed E-state index contributed by atoms with van der Waals surface area (Å²) in [6, 6.07) is 0.0645. The standard InChI is InChI=1S/C12H21NO4S/c1-13(11-2-7-18(15,16)8-11)9-12(10-14)3-5-17-6-4-12/h10-11H,2-9H2,1H3. The number of hydrogen-bond donors (Lipinski definition) is 0. The van der Waals surface area contributed by atoms with Crippen molar-refractivity contribution in [2.75, 3.05) is 38.3 Å². The molecular weight excluding hydrogens is 254 g/mol. The zero-order chi connectivity index (χ0) is 13.2. The Balaban J connectivity index is 1.97. The summed E-state index contributed by atoms with van der Waals surface area (Å²) in [5, 5.41) is 0. The van der Waals surface area contributed by atoms with E-state index >= 15 is 0 Å². The molecule has 2 saturated heterocycles. The molecule has 18 heavy (non-hydrogen) atoms. The quantitative estimate of drug-likeness (QED) is 0.681. The zero-order valence-corrected chi connectivity index (χ0v) is 11.6. The van der Waals surface area contributed by atoms with E-state index in [1.807, 2.05) is 11.9 Å². The maximum atomic E-state index is 11.5. The van der Waals surface area contributed by atoms with E-state index in [2.05, 4.69) is 0 Å². The summed E-state index contributed by atoms with van der Waals surface area (Å²) in [5.41, 5.74) is -0.348. The molecule has 0 saturated carbocycles. The first-order valence-corrected chi connectivity index (χ1v) is 8.23. The summed E-state index contributed by atoms with van der Waals surface area (Å²) in [4.78, 5) is 13.4. The van der Waals surface area contributed by atoms with E-state index in [0.29, 0.717) is 26.2 Å². The summed E-state index contributed by atoms with van der Waals surface area (Å²) in [7, 11) is -0.940. The maximum Gasteiger partial charge on any atom is 0.151 e. The SMILES string of the molecule is CN(CC1(C=O)CCOCC1)C1CCS(=O)(=O)C1.